The van der Waals surface area contributed by atoms with Crippen LogP contribution in [0.3, 0.4) is 0 Å². The molecule has 0 saturated heterocycles. The fourth-order valence-corrected chi connectivity index (χ4v) is 3.20. The summed E-state index contributed by atoms with van der Waals surface area (Å²) in [5, 5.41) is 8.85. The van der Waals surface area contributed by atoms with Crippen molar-refractivity contribution < 1.29 is 13.2 Å². The zero-order valence-electron chi connectivity index (χ0n) is 13.4. The highest BCUT2D eigenvalue weighted by Crippen LogP contribution is 2.14. The molecule has 0 heterocycles. The van der Waals surface area contributed by atoms with Gasteiger partial charge in [-0.25, -0.2) is 13.1 Å². The number of nitrogens with one attached hydrogen (secondary N) is 1. The molecule has 0 atom stereocenters. The van der Waals surface area contributed by atoms with E-state index in [9.17, 15) is 13.2 Å². The molecule has 0 fully saturated rings. The number of anilines is 1. The Morgan fingerprint density at radius 3 is 2.54 bits per heavy atom. The molecule has 0 bridgehead atoms. The van der Waals surface area contributed by atoms with Crippen molar-refractivity contribution in [1.82, 2.24) is 4.72 Å². The SMILES string of the molecule is CN(C)c1cccc(C(=O)NS(=O)(=O)Cc2cccc(C#N)c2)c1. The molecule has 2 rings (SSSR count). The molecule has 0 spiro atoms. The number of nitriles is 1. The summed E-state index contributed by atoms with van der Waals surface area (Å²) in [5.41, 5.74) is 1.86. The lowest BCUT2D eigenvalue weighted by molar-refractivity contribution is 0.0981. The number of hydrogen-bond donors (Lipinski definition) is 1. The van der Waals surface area contributed by atoms with Crippen LogP contribution in [-0.4, -0.2) is 28.4 Å². The second-order valence-corrected chi connectivity index (χ2v) is 7.17. The highest BCUT2D eigenvalue weighted by molar-refractivity contribution is 7.89. The first-order valence-corrected chi connectivity index (χ1v) is 8.77. The van der Waals surface area contributed by atoms with Crippen molar-refractivity contribution >= 4 is 21.6 Å². The van der Waals surface area contributed by atoms with E-state index in [1.54, 1.807) is 36.4 Å². The Morgan fingerprint density at radius 1 is 1.17 bits per heavy atom. The number of carbonyl (C=O) groups is 1. The number of hydrogen-bond acceptors (Lipinski definition) is 5. The van der Waals surface area contributed by atoms with Gasteiger partial charge >= 0.3 is 0 Å². The van der Waals surface area contributed by atoms with E-state index in [0.29, 0.717) is 11.1 Å². The quantitative estimate of drug-likeness (QED) is 0.895. The molecule has 2 aromatic carbocycles. The van der Waals surface area contributed by atoms with Gasteiger partial charge in [0.05, 0.1) is 17.4 Å². The smallest absolute Gasteiger partial charge is 0.264 e. The molecule has 1 amide bonds. The van der Waals surface area contributed by atoms with Crippen LogP contribution in [-0.2, 0) is 15.8 Å². The molecule has 2 aromatic rings. The van der Waals surface area contributed by atoms with Gasteiger partial charge in [-0.2, -0.15) is 5.26 Å². The van der Waals surface area contributed by atoms with E-state index in [1.807, 2.05) is 31.1 Å². The minimum Gasteiger partial charge on any atom is -0.378 e. The number of rotatable bonds is 5. The molecule has 6 nitrogen and oxygen atoms in total. The summed E-state index contributed by atoms with van der Waals surface area (Å²) in [6, 6.07) is 14.9. The van der Waals surface area contributed by atoms with Crippen LogP contribution < -0.4 is 9.62 Å². The van der Waals surface area contributed by atoms with E-state index in [2.05, 4.69) is 4.72 Å². The predicted octanol–water partition coefficient (Wildman–Crippen LogP) is 1.88. The molecular formula is C17H17N3O3S. The Hall–Kier alpha value is -2.85. The first-order valence-electron chi connectivity index (χ1n) is 7.12. The Morgan fingerprint density at radius 2 is 1.88 bits per heavy atom. The lowest BCUT2D eigenvalue weighted by atomic mass is 10.2. The van der Waals surface area contributed by atoms with E-state index in [0.717, 1.165) is 5.69 Å². The van der Waals surface area contributed by atoms with Gasteiger partial charge in [-0.05, 0) is 35.9 Å². The van der Waals surface area contributed by atoms with E-state index in [-0.39, 0.29) is 11.3 Å². The van der Waals surface area contributed by atoms with Gasteiger partial charge < -0.3 is 4.90 Å². The lowest BCUT2D eigenvalue weighted by Gasteiger charge is -2.13. The van der Waals surface area contributed by atoms with Gasteiger partial charge in [0.2, 0.25) is 10.0 Å². The maximum Gasteiger partial charge on any atom is 0.264 e. The molecule has 0 saturated carbocycles. The molecule has 0 aromatic heterocycles. The van der Waals surface area contributed by atoms with Crippen LogP contribution in [0.25, 0.3) is 0 Å². The van der Waals surface area contributed by atoms with Gasteiger partial charge in [0.15, 0.2) is 0 Å². The van der Waals surface area contributed by atoms with E-state index in [1.165, 1.54) is 6.07 Å². The van der Waals surface area contributed by atoms with Crippen molar-refractivity contribution in [2.24, 2.45) is 0 Å². The molecule has 0 aliphatic rings. The summed E-state index contributed by atoms with van der Waals surface area (Å²) < 4.78 is 26.4. The number of benzene rings is 2. The zero-order valence-corrected chi connectivity index (χ0v) is 14.2. The normalized spacial score (nSPS) is 10.7. The van der Waals surface area contributed by atoms with E-state index < -0.39 is 15.9 Å². The van der Waals surface area contributed by atoms with Crippen molar-refractivity contribution in [2.75, 3.05) is 19.0 Å². The molecule has 0 radical (unpaired) electrons. The number of carbonyl (C=O) groups excluding carboxylic acids is 1. The second kappa shape index (κ2) is 7.15. The second-order valence-electron chi connectivity index (χ2n) is 5.45. The summed E-state index contributed by atoms with van der Waals surface area (Å²) in [4.78, 5) is 14.0. The Balaban J connectivity index is 2.15. The van der Waals surface area contributed by atoms with Crippen LogP contribution in [0.5, 0.6) is 0 Å². The van der Waals surface area contributed by atoms with Crippen molar-refractivity contribution in [2.45, 2.75) is 5.75 Å². The van der Waals surface area contributed by atoms with Gasteiger partial charge in [0.1, 0.15) is 0 Å². The highest BCUT2D eigenvalue weighted by Gasteiger charge is 2.17. The highest BCUT2D eigenvalue weighted by atomic mass is 32.2. The fourth-order valence-electron chi connectivity index (χ4n) is 2.11. The summed E-state index contributed by atoms with van der Waals surface area (Å²) in [6.07, 6.45) is 0. The molecule has 24 heavy (non-hydrogen) atoms. The molecule has 124 valence electrons. The van der Waals surface area contributed by atoms with Gasteiger partial charge in [0.25, 0.3) is 5.91 Å². The van der Waals surface area contributed by atoms with Crippen LogP contribution in [0.2, 0.25) is 0 Å². The third-order valence-corrected chi connectivity index (χ3v) is 4.50. The van der Waals surface area contributed by atoms with Crippen LogP contribution in [0.4, 0.5) is 5.69 Å². The standard InChI is InChI=1S/C17H17N3O3S/c1-20(2)16-8-4-7-15(10-16)17(21)19-24(22,23)12-14-6-3-5-13(9-14)11-18/h3-10H,12H2,1-2H3,(H,19,21). The summed E-state index contributed by atoms with van der Waals surface area (Å²) in [7, 11) is -0.204. The Kier molecular flexibility index (Phi) is 5.21. The predicted molar refractivity (Wildman–Crippen MR) is 92.0 cm³/mol. The maximum absolute atomic E-state index is 12.2. The third kappa shape index (κ3) is 4.57. The van der Waals surface area contributed by atoms with Gasteiger partial charge in [-0.15, -0.1) is 0 Å². The lowest BCUT2D eigenvalue weighted by Crippen LogP contribution is -2.31. The van der Waals surface area contributed by atoms with Gasteiger partial charge in [-0.3, -0.25) is 4.79 Å². The maximum atomic E-state index is 12.2. The van der Waals surface area contributed by atoms with Gasteiger partial charge in [0, 0.05) is 25.3 Å². The van der Waals surface area contributed by atoms with Crippen molar-refractivity contribution in [3.05, 3.63) is 65.2 Å². The third-order valence-electron chi connectivity index (χ3n) is 3.29. The van der Waals surface area contributed by atoms with Crippen LogP contribution in [0.15, 0.2) is 48.5 Å². The molecule has 1 N–H and O–H groups in total. The zero-order chi connectivity index (χ0) is 17.7. The summed E-state index contributed by atoms with van der Waals surface area (Å²) in [6.45, 7) is 0. The number of nitrogens with zero attached hydrogens (tertiary/aromatic N) is 2. The largest absolute Gasteiger partial charge is 0.378 e. The van der Waals surface area contributed by atoms with Crippen LogP contribution in [0.1, 0.15) is 21.5 Å². The number of sulfonamides is 1. The van der Waals surface area contributed by atoms with Gasteiger partial charge in [-0.1, -0.05) is 18.2 Å². The average molecular weight is 343 g/mol. The minimum absolute atomic E-state index is 0.260. The first kappa shape index (κ1) is 17.5. The first-order chi connectivity index (χ1) is 11.3. The Bertz CT molecular complexity index is 899. The van der Waals surface area contributed by atoms with E-state index in [4.69, 9.17) is 5.26 Å². The van der Waals surface area contributed by atoms with Crippen molar-refractivity contribution in [3.63, 3.8) is 0 Å². The van der Waals surface area contributed by atoms with Crippen molar-refractivity contribution in [1.29, 1.82) is 5.26 Å². The van der Waals surface area contributed by atoms with Crippen LogP contribution >= 0.6 is 0 Å². The molecule has 0 unspecified atom stereocenters. The molecular weight excluding hydrogens is 326 g/mol. The molecule has 0 aliphatic heterocycles. The molecule has 0 aliphatic carbocycles. The molecule has 7 heteroatoms. The summed E-state index contributed by atoms with van der Waals surface area (Å²) >= 11 is 0. The average Bonchev–Trinajstić information content (AvgIpc) is 2.54. The minimum atomic E-state index is -3.86. The number of amides is 1. The topological polar surface area (TPSA) is 90.3 Å². The Labute approximate surface area is 141 Å². The van der Waals surface area contributed by atoms with E-state index >= 15 is 0 Å². The van der Waals surface area contributed by atoms with Crippen LogP contribution in [0, 0.1) is 11.3 Å². The van der Waals surface area contributed by atoms with Crippen molar-refractivity contribution in [3.8, 4) is 6.07 Å². The summed E-state index contributed by atoms with van der Waals surface area (Å²) in [5.74, 6) is -1.06. The monoisotopic (exact) mass is 343 g/mol. The fraction of sp³-hybridized carbons (Fsp3) is 0.176.